The van der Waals surface area contributed by atoms with Crippen LogP contribution in [-0.2, 0) is 0 Å². The Morgan fingerprint density at radius 1 is 1.00 bits per heavy atom. The average Bonchev–Trinajstić information content (AvgIpc) is 2.85. The molecule has 2 aromatic carbocycles. The van der Waals surface area contributed by atoms with Crippen LogP contribution in [0.3, 0.4) is 0 Å². The molecule has 4 aromatic rings. The van der Waals surface area contributed by atoms with Gasteiger partial charge in [-0.05, 0) is 61.2 Å². The molecule has 1 unspecified atom stereocenters. The zero-order valence-corrected chi connectivity index (χ0v) is 17.7. The summed E-state index contributed by atoms with van der Waals surface area (Å²) in [6, 6.07) is 20.9. The van der Waals surface area contributed by atoms with Gasteiger partial charge in [-0.25, -0.2) is 4.98 Å². The second kappa shape index (κ2) is 8.80. The van der Waals surface area contributed by atoms with E-state index in [0.717, 1.165) is 48.4 Å². The molecular weight excluding hydrogens is 402 g/mol. The number of nitrogens with one attached hydrogen (secondary N) is 1. The van der Waals surface area contributed by atoms with Crippen LogP contribution in [-0.4, -0.2) is 39.3 Å². The number of nitrogens with zero attached hydrogens (tertiary/aromatic N) is 4. The Balaban J connectivity index is 1.42. The molecule has 2 N–H and O–H groups in total. The minimum atomic E-state index is -0.139. The molecule has 1 fully saturated rings. The van der Waals surface area contributed by atoms with Crippen molar-refractivity contribution >= 4 is 28.4 Å². The van der Waals surface area contributed by atoms with Gasteiger partial charge in [-0.2, -0.15) is 4.98 Å². The lowest BCUT2D eigenvalue weighted by Gasteiger charge is -2.33. The molecule has 0 saturated carbocycles. The highest BCUT2D eigenvalue weighted by Crippen LogP contribution is 2.25. The number of rotatable bonds is 5. The van der Waals surface area contributed by atoms with E-state index in [9.17, 15) is 9.90 Å². The normalized spacial score (nSPS) is 16.3. The van der Waals surface area contributed by atoms with Gasteiger partial charge in [0.2, 0.25) is 5.95 Å². The van der Waals surface area contributed by atoms with Gasteiger partial charge in [-0.3, -0.25) is 9.36 Å². The van der Waals surface area contributed by atoms with Crippen molar-refractivity contribution in [1.82, 2.24) is 14.5 Å². The highest BCUT2D eigenvalue weighted by atomic mass is 16.3. The zero-order chi connectivity index (χ0) is 21.9. The van der Waals surface area contributed by atoms with Crippen molar-refractivity contribution in [3.63, 3.8) is 0 Å². The number of benzene rings is 2. The maximum atomic E-state index is 12.6. The number of hydrogen-bond donors (Lipinski definition) is 2. The summed E-state index contributed by atoms with van der Waals surface area (Å²) in [5.74, 6) is 0.772. The van der Waals surface area contributed by atoms with E-state index in [1.54, 1.807) is 16.8 Å². The van der Waals surface area contributed by atoms with Crippen molar-refractivity contribution in [2.24, 2.45) is 5.92 Å². The molecule has 0 bridgehead atoms. The number of para-hydroxylation sites is 1. The molecule has 1 saturated heterocycles. The molecule has 5 rings (SSSR count). The van der Waals surface area contributed by atoms with Gasteiger partial charge in [-0.1, -0.05) is 18.2 Å². The quantitative estimate of drug-likeness (QED) is 0.505. The smallest absolute Gasteiger partial charge is 0.256 e. The average molecular weight is 428 g/mol. The van der Waals surface area contributed by atoms with Gasteiger partial charge >= 0.3 is 0 Å². The second-order valence-corrected chi connectivity index (χ2v) is 8.12. The van der Waals surface area contributed by atoms with E-state index in [0.29, 0.717) is 17.5 Å². The SMILES string of the molecule is O=c1ccc2cnc(Nc3ccc(N4CCCC(CO)C4)cc3)nc2n1-c1ccccc1. The molecule has 2 aromatic heterocycles. The van der Waals surface area contributed by atoms with E-state index in [2.05, 4.69) is 32.3 Å². The van der Waals surface area contributed by atoms with E-state index in [1.165, 1.54) is 6.07 Å². The van der Waals surface area contributed by atoms with Crippen molar-refractivity contribution in [2.75, 3.05) is 29.9 Å². The summed E-state index contributed by atoms with van der Waals surface area (Å²) in [6.07, 6.45) is 3.90. The summed E-state index contributed by atoms with van der Waals surface area (Å²) in [4.78, 5) is 24.0. The highest BCUT2D eigenvalue weighted by Gasteiger charge is 2.19. The van der Waals surface area contributed by atoms with Crippen molar-refractivity contribution in [3.8, 4) is 5.69 Å². The number of aliphatic hydroxyl groups is 1. The van der Waals surface area contributed by atoms with Crippen LogP contribution in [0, 0.1) is 5.92 Å². The topological polar surface area (TPSA) is 83.3 Å². The summed E-state index contributed by atoms with van der Waals surface area (Å²) >= 11 is 0. The van der Waals surface area contributed by atoms with Crippen LogP contribution in [0.1, 0.15) is 12.8 Å². The Labute approximate surface area is 186 Å². The molecule has 1 aliphatic heterocycles. The van der Waals surface area contributed by atoms with E-state index < -0.39 is 0 Å². The lowest BCUT2D eigenvalue weighted by Crippen LogP contribution is -2.36. The predicted molar refractivity (Wildman–Crippen MR) is 127 cm³/mol. The first-order valence-electron chi connectivity index (χ1n) is 10.9. The number of piperidine rings is 1. The third-order valence-electron chi connectivity index (χ3n) is 5.91. The number of anilines is 3. The maximum absolute atomic E-state index is 12.6. The van der Waals surface area contributed by atoms with Crippen LogP contribution in [0.15, 0.2) is 77.7 Å². The Kier molecular flexibility index (Phi) is 5.56. The lowest BCUT2D eigenvalue weighted by molar-refractivity contribution is 0.209. The molecule has 162 valence electrons. The molecule has 0 spiro atoms. The minimum Gasteiger partial charge on any atom is -0.396 e. The van der Waals surface area contributed by atoms with E-state index >= 15 is 0 Å². The first-order valence-corrected chi connectivity index (χ1v) is 10.9. The number of aromatic nitrogens is 3. The van der Waals surface area contributed by atoms with Crippen molar-refractivity contribution in [2.45, 2.75) is 12.8 Å². The van der Waals surface area contributed by atoms with Crippen LogP contribution in [0.2, 0.25) is 0 Å². The highest BCUT2D eigenvalue weighted by molar-refractivity contribution is 5.77. The fourth-order valence-corrected chi connectivity index (χ4v) is 4.24. The number of pyridine rings is 1. The summed E-state index contributed by atoms with van der Waals surface area (Å²) in [7, 11) is 0. The Morgan fingerprint density at radius 3 is 2.59 bits per heavy atom. The van der Waals surface area contributed by atoms with Crippen LogP contribution in [0.25, 0.3) is 16.7 Å². The number of fused-ring (bicyclic) bond motifs is 1. The zero-order valence-electron chi connectivity index (χ0n) is 17.7. The first kappa shape index (κ1) is 20.2. The standard InChI is InChI=1S/C25H25N5O2/c31-17-18-5-4-14-29(16-18)21-11-9-20(10-12-21)27-25-26-15-19-8-13-23(32)30(24(19)28-25)22-6-2-1-3-7-22/h1-3,6-13,15,18,31H,4-5,14,16-17H2,(H,26,27,28). The minimum absolute atomic E-state index is 0.139. The van der Waals surface area contributed by atoms with E-state index in [-0.39, 0.29) is 12.2 Å². The lowest BCUT2D eigenvalue weighted by atomic mass is 9.98. The summed E-state index contributed by atoms with van der Waals surface area (Å²) in [6.45, 7) is 2.13. The molecule has 3 heterocycles. The summed E-state index contributed by atoms with van der Waals surface area (Å²) in [5.41, 5.74) is 3.20. The Bertz CT molecular complexity index is 1270. The molecule has 1 atom stereocenters. The molecule has 32 heavy (non-hydrogen) atoms. The van der Waals surface area contributed by atoms with E-state index in [1.807, 2.05) is 42.5 Å². The van der Waals surface area contributed by atoms with Gasteiger partial charge in [0.05, 0.1) is 5.69 Å². The molecule has 0 amide bonds. The Morgan fingerprint density at radius 2 is 1.81 bits per heavy atom. The summed E-state index contributed by atoms with van der Waals surface area (Å²) < 4.78 is 1.60. The number of hydrogen-bond acceptors (Lipinski definition) is 6. The van der Waals surface area contributed by atoms with Gasteiger partial charge in [0.1, 0.15) is 0 Å². The first-order chi connectivity index (χ1) is 15.7. The maximum Gasteiger partial charge on any atom is 0.256 e. The predicted octanol–water partition coefficient (Wildman–Crippen LogP) is 3.73. The fraction of sp³-hybridized carbons (Fsp3) is 0.240. The van der Waals surface area contributed by atoms with Crippen molar-refractivity contribution < 1.29 is 5.11 Å². The molecule has 1 aliphatic rings. The monoisotopic (exact) mass is 427 g/mol. The van der Waals surface area contributed by atoms with Crippen LogP contribution in [0.4, 0.5) is 17.3 Å². The van der Waals surface area contributed by atoms with Crippen LogP contribution < -0.4 is 15.8 Å². The molecule has 7 nitrogen and oxygen atoms in total. The van der Waals surface area contributed by atoms with E-state index in [4.69, 9.17) is 0 Å². The third-order valence-corrected chi connectivity index (χ3v) is 5.91. The molecule has 0 aliphatic carbocycles. The van der Waals surface area contributed by atoms with Gasteiger partial charge in [-0.15, -0.1) is 0 Å². The van der Waals surface area contributed by atoms with Gasteiger partial charge in [0, 0.05) is 48.7 Å². The van der Waals surface area contributed by atoms with Gasteiger partial charge in [0.25, 0.3) is 5.56 Å². The van der Waals surface area contributed by atoms with Crippen LogP contribution >= 0.6 is 0 Å². The van der Waals surface area contributed by atoms with Gasteiger partial charge in [0.15, 0.2) is 5.65 Å². The molecule has 0 radical (unpaired) electrons. The Hall–Kier alpha value is -3.71. The largest absolute Gasteiger partial charge is 0.396 e. The van der Waals surface area contributed by atoms with Crippen LogP contribution in [0.5, 0.6) is 0 Å². The van der Waals surface area contributed by atoms with Crippen molar-refractivity contribution in [1.29, 1.82) is 0 Å². The fourth-order valence-electron chi connectivity index (χ4n) is 4.24. The van der Waals surface area contributed by atoms with Gasteiger partial charge < -0.3 is 15.3 Å². The summed E-state index contributed by atoms with van der Waals surface area (Å²) in [5, 5.41) is 13.5. The number of aliphatic hydroxyl groups excluding tert-OH is 1. The second-order valence-electron chi connectivity index (χ2n) is 8.12. The van der Waals surface area contributed by atoms with Crippen molar-refractivity contribution in [3.05, 3.63) is 83.3 Å². The third kappa shape index (κ3) is 4.07. The molecule has 7 heteroatoms. The molecular formula is C25H25N5O2.